The highest BCUT2D eigenvalue weighted by Crippen LogP contribution is 2.38. The molecule has 6 heteroatoms. The largest absolute Gasteiger partial charge is 0.339 e. The molecule has 20 heavy (non-hydrogen) atoms. The number of urea groups is 1. The second-order valence-electron chi connectivity index (χ2n) is 6.37. The van der Waals surface area contributed by atoms with Gasteiger partial charge in [-0.25, -0.2) is 4.79 Å². The maximum absolute atomic E-state index is 12.7. The second kappa shape index (κ2) is 5.60. The van der Waals surface area contributed by atoms with Gasteiger partial charge in [-0.2, -0.15) is 0 Å². The van der Waals surface area contributed by atoms with Crippen LogP contribution in [0, 0.1) is 5.41 Å². The van der Waals surface area contributed by atoms with E-state index in [1.54, 1.807) is 23.9 Å². The van der Waals surface area contributed by atoms with Gasteiger partial charge in [0, 0.05) is 46.3 Å². The van der Waals surface area contributed by atoms with E-state index in [1.165, 1.54) is 0 Å². The summed E-state index contributed by atoms with van der Waals surface area (Å²) in [7, 11) is 3.50. The molecular formula is C14H26N4O2. The monoisotopic (exact) mass is 282 g/mol. The summed E-state index contributed by atoms with van der Waals surface area (Å²) in [5, 5.41) is 0. The van der Waals surface area contributed by atoms with Crippen LogP contribution in [-0.2, 0) is 4.79 Å². The molecule has 0 aromatic heterocycles. The Morgan fingerprint density at radius 1 is 1.15 bits per heavy atom. The van der Waals surface area contributed by atoms with Gasteiger partial charge >= 0.3 is 6.03 Å². The fourth-order valence-electron chi connectivity index (χ4n) is 3.20. The van der Waals surface area contributed by atoms with Crippen molar-refractivity contribution in [3.8, 4) is 0 Å². The summed E-state index contributed by atoms with van der Waals surface area (Å²) in [5.41, 5.74) is 5.71. The lowest BCUT2D eigenvalue weighted by Crippen LogP contribution is -2.57. The lowest BCUT2D eigenvalue weighted by Gasteiger charge is -2.40. The third kappa shape index (κ3) is 2.61. The summed E-state index contributed by atoms with van der Waals surface area (Å²) in [6.45, 7) is 4.42. The van der Waals surface area contributed by atoms with E-state index in [0.29, 0.717) is 26.2 Å². The highest BCUT2D eigenvalue weighted by atomic mass is 16.2. The SMILES string of the molecule is CN(C)C(=O)N1CCN(C(=O)C2(C)CCCC2N)CC1. The number of nitrogens with two attached hydrogens (primary N) is 1. The zero-order valence-corrected chi connectivity index (χ0v) is 12.8. The standard InChI is InChI=1S/C14H26N4O2/c1-14(6-4-5-11(14)15)12(19)17-7-9-18(10-8-17)13(20)16(2)3/h11H,4-10,15H2,1-3H3. The lowest BCUT2D eigenvalue weighted by atomic mass is 9.83. The molecule has 0 spiro atoms. The van der Waals surface area contributed by atoms with Crippen LogP contribution in [0.1, 0.15) is 26.2 Å². The fraction of sp³-hybridized carbons (Fsp3) is 0.857. The van der Waals surface area contributed by atoms with Crippen LogP contribution in [0.5, 0.6) is 0 Å². The van der Waals surface area contributed by atoms with E-state index in [2.05, 4.69) is 0 Å². The highest BCUT2D eigenvalue weighted by molar-refractivity contribution is 5.84. The predicted molar refractivity (Wildman–Crippen MR) is 77.2 cm³/mol. The molecule has 0 aromatic carbocycles. The van der Waals surface area contributed by atoms with Crippen molar-refractivity contribution in [1.82, 2.24) is 14.7 Å². The Labute approximate surface area is 120 Å². The Balaban J connectivity index is 1.94. The van der Waals surface area contributed by atoms with Gasteiger partial charge in [-0.05, 0) is 19.8 Å². The summed E-state index contributed by atoms with van der Waals surface area (Å²) >= 11 is 0. The molecule has 2 rings (SSSR count). The lowest BCUT2D eigenvalue weighted by molar-refractivity contribution is -0.143. The van der Waals surface area contributed by atoms with Gasteiger partial charge in [0.1, 0.15) is 0 Å². The molecule has 3 amide bonds. The molecule has 2 atom stereocenters. The van der Waals surface area contributed by atoms with E-state index in [-0.39, 0.29) is 18.0 Å². The first-order valence-electron chi connectivity index (χ1n) is 7.37. The van der Waals surface area contributed by atoms with Crippen molar-refractivity contribution in [1.29, 1.82) is 0 Å². The van der Waals surface area contributed by atoms with Crippen LogP contribution in [0.4, 0.5) is 4.79 Å². The third-order valence-electron chi connectivity index (χ3n) is 4.74. The molecule has 1 heterocycles. The minimum Gasteiger partial charge on any atom is -0.339 e. The Morgan fingerprint density at radius 3 is 2.15 bits per heavy atom. The Hall–Kier alpha value is -1.30. The van der Waals surface area contributed by atoms with Gasteiger partial charge in [0.2, 0.25) is 5.91 Å². The summed E-state index contributed by atoms with van der Waals surface area (Å²) in [6.07, 6.45) is 2.84. The molecule has 1 saturated carbocycles. The number of piperazine rings is 1. The van der Waals surface area contributed by atoms with Crippen molar-refractivity contribution < 1.29 is 9.59 Å². The Kier molecular flexibility index (Phi) is 4.22. The van der Waals surface area contributed by atoms with Crippen molar-refractivity contribution in [3.63, 3.8) is 0 Å². The van der Waals surface area contributed by atoms with Crippen LogP contribution >= 0.6 is 0 Å². The van der Waals surface area contributed by atoms with Crippen molar-refractivity contribution in [2.45, 2.75) is 32.2 Å². The molecule has 0 radical (unpaired) electrons. The van der Waals surface area contributed by atoms with Gasteiger partial charge in [0.25, 0.3) is 0 Å². The van der Waals surface area contributed by atoms with Gasteiger partial charge < -0.3 is 20.4 Å². The first-order valence-corrected chi connectivity index (χ1v) is 7.37. The van der Waals surface area contributed by atoms with Gasteiger partial charge in [-0.1, -0.05) is 6.42 Å². The number of hydrogen-bond donors (Lipinski definition) is 1. The predicted octanol–water partition coefficient (Wildman–Crippen LogP) is 0.330. The average Bonchev–Trinajstić information content (AvgIpc) is 2.78. The van der Waals surface area contributed by atoms with E-state index in [1.807, 2.05) is 11.8 Å². The van der Waals surface area contributed by atoms with Crippen LogP contribution in [-0.4, -0.2) is 73.0 Å². The van der Waals surface area contributed by atoms with Crippen molar-refractivity contribution in [2.24, 2.45) is 11.1 Å². The normalized spacial score (nSPS) is 30.5. The van der Waals surface area contributed by atoms with Crippen LogP contribution in [0.3, 0.4) is 0 Å². The molecule has 2 fully saturated rings. The first-order chi connectivity index (χ1) is 9.36. The average molecular weight is 282 g/mol. The fourth-order valence-corrected chi connectivity index (χ4v) is 3.20. The molecule has 2 N–H and O–H groups in total. The van der Waals surface area contributed by atoms with Crippen molar-refractivity contribution in [3.05, 3.63) is 0 Å². The van der Waals surface area contributed by atoms with Gasteiger partial charge in [-0.15, -0.1) is 0 Å². The van der Waals surface area contributed by atoms with Gasteiger partial charge in [-0.3, -0.25) is 4.79 Å². The van der Waals surface area contributed by atoms with Crippen LogP contribution < -0.4 is 5.73 Å². The van der Waals surface area contributed by atoms with Crippen LogP contribution in [0.25, 0.3) is 0 Å². The van der Waals surface area contributed by atoms with Gasteiger partial charge in [0.05, 0.1) is 5.41 Å². The zero-order valence-electron chi connectivity index (χ0n) is 12.8. The number of hydrogen-bond acceptors (Lipinski definition) is 3. The smallest absolute Gasteiger partial charge is 0.319 e. The molecule has 0 bridgehead atoms. The van der Waals surface area contributed by atoms with E-state index < -0.39 is 5.41 Å². The molecule has 0 aromatic rings. The quantitative estimate of drug-likeness (QED) is 0.753. The number of nitrogens with zero attached hydrogens (tertiary/aromatic N) is 3. The maximum Gasteiger partial charge on any atom is 0.319 e. The summed E-state index contributed by atoms with van der Waals surface area (Å²) in [5.74, 6) is 0.166. The molecule has 2 aliphatic rings. The number of amides is 3. The van der Waals surface area contributed by atoms with Crippen LogP contribution in [0.15, 0.2) is 0 Å². The van der Waals surface area contributed by atoms with E-state index in [0.717, 1.165) is 19.3 Å². The molecule has 6 nitrogen and oxygen atoms in total. The highest BCUT2D eigenvalue weighted by Gasteiger charge is 2.45. The minimum atomic E-state index is -0.409. The molecular weight excluding hydrogens is 256 g/mol. The number of rotatable bonds is 1. The Bertz CT molecular complexity index is 391. The summed E-state index contributed by atoms with van der Waals surface area (Å²) in [6, 6.07) is -0.0164. The number of carbonyl (C=O) groups excluding carboxylic acids is 2. The van der Waals surface area contributed by atoms with Crippen molar-refractivity contribution >= 4 is 11.9 Å². The topological polar surface area (TPSA) is 69.9 Å². The Morgan fingerprint density at radius 2 is 1.70 bits per heavy atom. The molecule has 1 aliphatic heterocycles. The maximum atomic E-state index is 12.7. The number of carbonyl (C=O) groups is 2. The van der Waals surface area contributed by atoms with Crippen LogP contribution in [0.2, 0.25) is 0 Å². The molecule has 114 valence electrons. The van der Waals surface area contributed by atoms with Crippen molar-refractivity contribution in [2.75, 3.05) is 40.3 Å². The zero-order chi connectivity index (χ0) is 14.9. The second-order valence-corrected chi connectivity index (χ2v) is 6.37. The first kappa shape index (κ1) is 15.1. The van der Waals surface area contributed by atoms with E-state index >= 15 is 0 Å². The summed E-state index contributed by atoms with van der Waals surface area (Å²) in [4.78, 5) is 29.8. The van der Waals surface area contributed by atoms with E-state index in [4.69, 9.17) is 5.73 Å². The summed E-state index contributed by atoms with van der Waals surface area (Å²) < 4.78 is 0. The third-order valence-corrected chi connectivity index (χ3v) is 4.74. The van der Waals surface area contributed by atoms with E-state index in [9.17, 15) is 9.59 Å². The molecule has 2 unspecified atom stereocenters. The minimum absolute atomic E-state index is 0.0147. The molecule has 1 saturated heterocycles. The molecule has 1 aliphatic carbocycles. The van der Waals surface area contributed by atoms with Gasteiger partial charge in [0.15, 0.2) is 0 Å².